The molecule has 2 fully saturated rings. The van der Waals surface area contributed by atoms with Crippen molar-refractivity contribution in [3.63, 3.8) is 0 Å². The van der Waals surface area contributed by atoms with Crippen LogP contribution in [-0.4, -0.2) is 52.7 Å². The number of carbonyl (C=O) groups excluding carboxylic acids is 2. The number of amides is 2. The predicted molar refractivity (Wildman–Crippen MR) is 117 cm³/mol. The number of piperidine rings is 1. The summed E-state index contributed by atoms with van der Waals surface area (Å²) in [4.78, 5) is 38.7. The zero-order chi connectivity index (χ0) is 22.5. The molecule has 3 atom stereocenters. The molecule has 1 heterocycles. The maximum Gasteiger partial charge on any atom is 0.407 e. The van der Waals surface area contributed by atoms with E-state index >= 15 is 0 Å². The summed E-state index contributed by atoms with van der Waals surface area (Å²) in [5.41, 5.74) is 3.42. The molecular weight excluding hydrogens is 408 g/mol. The minimum atomic E-state index is -1.09. The lowest BCUT2D eigenvalue weighted by atomic mass is 9.98. The standard InChI is InChI=1S/C25H26N2O5/c1-15(22(28)27-12-6-7-16-13-25(16,27)23(29)30)26-24(31)32-14-21-19-10-4-2-8-17(19)18-9-3-5-11-20(18)21/h2-5,8-11,15-16,21H,6-7,12-14H2,1H3,(H,26,31)(H,29,30)/t15?,16-,25+/m1/s1. The second-order valence-corrected chi connectivity index (χ2v) is 8.95. The lowest BCUT2D eigenvalue weighted by molar-refractivity contribution is -0.155. The summed E-state index contributed by atoms with van der Waals surface area (Å²) in [7, 11) is 0. The van der Waals surface area contributed by atoms with Crippen molar-refractivity contribution in [3.8, 4) is 11.1 Å². The van der Waals surface area contributed by atoms with E-state index in [2.05, 4.69) is 17.4 Å². The van der Waals surface area contributed by atoms with Crippen LogP contribution in [0.3, 0.4) is 0 Å². The Bertz CT molecular complexity index is 1050. The molecule has 0 spiro atoms. The van der Waals surface area contributed by atoms with Crippen molar-refractivity contribution in [2.45, 2.75) is 43.7 Å². The molecule has 3 aliphatic rings. The van der Waals surface area contributed by atoms with Gasteiger partial charge in [-0.1, -0.05) is 48.5 Å². The van der Waals surface area contributed by atoms with E-state index in [9.17, 15) is 19.5 Å². The Labute approximate surface area is 186 Å². The van der Waals surface area contributed by atoms with E-state index in [4.69, 9.17) is 4.74 Å². The van der Waals surface area contributed by atoms with Crippen molar-refractivity contribution in [1.29, 1.82) is 0 Å². The first-order valence-corrected chi connectivity index (χ1v) is 11.1. The van der Waals surface area contributed by atoms with Gasteiger partial charge in [0, 0.05) is 12.5 Å². The Kier molecular flexibility index (Phi) is 4.92. The zero-order valence-electron chi connectivity index (χ0n) is 17.9. The molecule has 1 saturated carbocycles. The van der Waals surface area contributed by atoms with Gasteiger partial charge >= 0.3 is 12.1 Å². The van der Waals surface area contributed by atoms with Crippen molar-refractivity contribution >= 4 is 18.0 Å². The quantitative estimate of drug-likeness (QED) is 0.752. The van der Waals surface area contributed by atoms with Crippen molar-refractivity contribution < 1.29 is 24.2 Å². The molecule has 2 aliphatic carbocycles. The van der Waals surface area contributed by atoms with Gasteiger partial charge in [0.1, 0.15) is 18.2 Å². The number of nitrogens with zero attached hydrogens (tertiary/aromatic N) is 1. The molecule has 2 aromatic rings. The van der Waals surface area contributed by atoms with E-state index < -0.39 is 23.6 Å². The minimum absolute atomic E-state index is 0.0133. The van der Waals surface area contributed by atoms with E-state index in [1.165, 1.54) is 4.90 Å². The summed E-state index contributed by atoms with van der Waals surface area (Å²) in [6.07, 6.45) is 1.42. The van der Waals surface area contributed by atoms with Crippen LogP contribution in [0.4, 0.5) is 4.79 Å². The number of carboxylic acid groups (broad SMARTS) is 1. The van der Waals surface area contributed by atoms with E-state index in [1.807, 2.05) is 36.4 Å². The minimum Gasteiger partial charge on any atom is -0.479 e. The number of nitrogens with one attached hydrogen (secondary N) is 1. The number of fused-ring (bicyclic) bond motifs is 4. The maximum atomic E-state index is 13.0. The summed E-state index contributed by atoms with van der Waals surface area (Å²) in [5, 5.41) is 12.3. The summed E-state index contributed by atoms with van der Waals surface area (Å²) in [6, 6.07) is 15.3. The number of carboxylic acids is 1. The van der Waals surface area contributed by atoms with Gasteiger partial charge in [-0.15, -0.1) is 0 Å². The molecule has 32 heavy (non-hydrogen) atoms. The van der Waals surface area contributed by atoms with Crippen LogP contribution in [0.1, 0.15) is 43.2 Å². The number of aliphatic carboxylic acids is 1. The van der Waals surface area contributed by atoms with Crippen molar-refractivity contribution in [2.24, 2.45) is 5.92 Å². The lowest BCUT2D eigenvalue weighted by Gasteiger charge is -2.35. The van der Waals surface area contributed by atoms with Crippen molar-refractivity contribution in [3.05, 3.63) is 59.7 Å². The van der Waals surface area contributed by atoms with E-state index in [0.29, 0.717) is 13.0 Å². The summed E-state index contributed by atoms with van der Waals surface area (Å²) >= 11 is 0. The highest BCUT2D eigenvalue weighted by molar-refractivity contribution is 5.93. The van der Waals surface area contributed by atoms with Crippen LogP contribution in [-0.2, 0) is 14.3 Å². The van der Waals surface area contributed by atoms with E-state index in [0.717, 1.165) is 35.1 Å². The fourth-order valence-corrected chi connectivity index (χ4v) is 5.48. The van der Waals surface area contributed by atoms with Crippen LogP contribution in [0.25, 0.3) is 11.1 Å². The van der Waals surface area contributed by atoms with Crippen molar-refractivity contribution in [1.82, 2.24) is 10.2 Å². The second-order valence-electron chi connectivity index (χ2n) is 8.95. The molecule has 2 N–H and O–H groups in total. The number of benzene rings is 2. The SMILES string of the molecule is CC(NC(=O)OCC1c2ccccc2-c2ccccc21)C(=O)N1CCC[C@@H]2C[C@@]21C(=O)O. The topological polar surface area (TPSA) is 95.9 Å². The van der Waals surface area contributed by atoms with Gasteiger partial charge in [0.2, 0.25) is 5.91 Å². The number of likely N-dealkylation sites (tertiary alicyclic amines) is 1. The molecular formula is C25H26N2O5. The van der Waals surface area contributed by atoms with Gasteiger partial charge in [-0.3, -0.25) is 4.79 Å². The third kappa shape index (κ3) is 3.15. The molecule has 7 nitrogen and oxygen atoms in total. The number of carbonyl (C=O) groups is 3. The number of ether oxygens (including phenoxy) is 1. The van der Waals surface area contributed by atoms with E-state index in [1.54, 1.807) is 6.92 Å². The lowest BCUT2D eigenvalue weighted by Crippen LogP contribution is -2.56. The Hall–Kier alpha value is -3.35. The molecule has 1 aliphatic heterocycles. The van der Waals surface area contributed by atoms with Gasteiger partial charge in [0.15, 0.2) is 0 Å². The van der Waals surface area contributed by atoms with Crippen LogP contribution in [0, 0.1) is 5.92 Å². The first kappa shape index (κ1) is 20.5. The molecule has 1 saturated heterocycles. The molecule has 2 aromatic carbocycles. The number of rotatable bonds is 5. The highest BCUT2D eigenvalue weighted by atomic mass is 16.5. The second kappa shape index (κ2) is 7.65. The first-order chi connectivity index (χ1) is 15.4. The van der Waals surface area contributed by atoms with Crippen LogP contribution in [0.5, 0.6) is 0 Å². The van der Waals surface area contributed by atoms with Crippen LogP contribution in [0.2, 0.25) is 0 Å². The molecule has 2 amide bonds. The van der Waals surface area contributed by atoms with Crippen molar-refractivity contribution in [2.75, 3.05) is 13.2 Å². The molecule has 0 bridgehead atoms. The fraction of sp³-hybridized carbons (Fsp3) is 0.400. The fourth-order valence-electron chi connectivity index (χ4n) is 5.48. The van der Waals surface area contributed by atoms with Gasteiger partial charge in [-0.25, -0.2) is 9.59 Å². The average molecular weight is 434 g/mol. The van der Waals surface area contributed by atoms with Gasteiger partial charge in [0.25, 0.3) is 0 Å². The maximum absolute atomic E-state index is 13.0. The molecule has 0 aromatic heterocycles. The third-order valence-corrected chi connectivity index (χ3v) is 7.17. The summed E-state index contributed by atoms with van der Waals surface area (Å²) < 4.78 is 5.52. The van der Waals surface area contributed by atoms with Crippen LogP contribution < -0.4 is 5.32 Å². The molecule has 7 heteroatoms. The molecule has 5 rings (SSSR count). The van der Waals surface area contributed by atoms with Crippen LogP contribution >= 0.6 is 0 Å². The Morgan fingerprint density at radius 1 is 1.12 bits per heavy atom. The Morgan fingerprint density at radius 3 is 2.38 bits per heavy atom. The highest BCUT2D eigenvalue weighted by Crippen LogP contribution is 2.54. The number of alkyl carbamates (subject to hydrolysis) is 1. The third-order valence-electron chi connectivity index (χ3n) is 7.17. The largest absolute Gasteiger partial charge is 0.479 e. The van der Waals surface area contributed by atoms with Gasteiger partial charge < -0.3 is 20.1 Å². The monoisotopic (exact) mass is 434 g/mol. The normalized spacial score (nSPS) is 24.0. The van der Waals surface area contributed by atoms with Gasteiger partial charge in [0.05, 0.1) is 0 Å². The Morgan fingerprint density at radius 2 is 1.75 bits per heavy atom. The summed E-state index contributed by atoms with van der Waals surface area (Å²) in [5.74, 6) is -1.38. The molecule has 1 unspecified atom stereocenters. The first-order valence-electron chi connectivity index (χ1n) is 11.1. The van der Waals surface area contributed by atoms with Gasteiger partial charge in [-0.2, -0.15) is 0 Å². The van der Waals surface area contributed by atoms with Gasteiger partial charge in [-0.05, 0) is 54.4 Å². The highest BCUT2D eigenvalue weighted by Gasteiger charge is 2.67. The molecule has 166 valence electrons. The zero-order valence-corrected chi connectivity index (χ0v) is 17.9. The number of hydrogen-bond donors (Lipinski definition) is 2. The molecule has 0 radical (unpaired) electrons. The number of hydrogen-bond acceptors (Lipinski definition) is 4. The average Bonchev–Trinajstić information content (AvgIpc) is 3.48. The van der Waals surface area contributed by atoms with Crippen LogP contribution in [0.15, 0.2) is 48.5 Å². The smallest absolute Gasteiger partial charge is 0.407 e. The Balaban J connectivity index is 1.23. The van der Waals surface area contributed by atoms with E-state index in [-0.39, 0.29) is 24.3 Å². The predicted octanol–water partition coefficient (Wildman–Crippen LogP) is 3.38. The summed E-state index contributed by atoms with van der Waals surface area (Å²) in [6.45, 7) is 2.13.